The van der Waals surface area contributed by atoms with Gasteiger partial charge >= 0.3 is 0 Å². The molecule has 4 rings (SSSR count). The van der Waals surface area contributed by atoms with Gasteiger partial charge in [-0.1, -0.05) is 32.4 Å². The van der Waals surface area contributed by atoms with Crippen molar-refractivity contribution >= 4 is 62.3 Å². The number of oxazole rings is 1. The van der Waals surface area contributed by atoms with Crippen LogP contribution in [0.4, 0.5) is 0 Å². The summed E-state index contributed by atoms with van der Waals surface area (Å²) < 4.78 is 8.81. The summed E-state index contributed by atoms with van der Waals surface area (Å²) in [6, 6.07) is 8.47. The molecule has 12 heteroatoms. The van der Waals surface area contributed by atoms with E-state index in [0.29, 0.717) is 31.0 Å². The molecule has 182 valence electrons. The lowest BCUT2D eigenvalue weighted by atomic mass is 9.96. The monoisotopic (exact) mass is 594 g/mol. The number of carbonyl (C=O) groups excluding carboxylic acids is 2. The SMILES string of the molecule is CC(C)(C)C(=O)n1nc(-c2c(Br)ccc(=O)n2CC(=O)c2cocn2)cc1SCc1ccc(Cl)s1. The van der Waals surface area contributed by atoms with E-state index in [9.17, 15) is 14.4 Å². The number of rotatable bonds is 7. The molecular formula is C23H20BrClN4O4S2. The highest BCUT2D eigenvalue weighted by Crippen LogP contribution is 2.34. The first-order valence-corrected chi connectivity index (χ1v) is 13.3. The lowest BCUT2D eigenvalue weighted by molar-refractivity contribution is 0.0736. The second-order valence-corrected chi connectivity index (χ2v) is 12.2. The molecule has 35 heavy (non-hydrogen) atoms. The van der Waals surface area contributed by atoms with Crippen LogP contribution in [0.15, 0.2) is 61.7 Å². The number of aromatic nitrogens is 4. The van der Waals surface area contributed by atoms with Crippen LogP contribution in [0.25, 0.3) is 11.4 Å². The maximum absolute atomic E-state index is 13.2. The van der Waals surface area contributed by atoms with Gasteiger partial charge in [0, 0.05) is 32.7 Å². The van der Waals surface area contributed by atoms with Crippen LogP contribution in [0.1, 0.15) is 40.9 Å². The normalized spacial score (nSPS) is 11.7. The Morgan fingerprint density at radius 2 is 2.00 bits per heavy atom. The number of hydrogen-bond acceptors (Lipinski definition) is 8. The Balaban J connectivity index is 1.78. The van der Waals surface area contributed by atoms with Gasteiger partial charge in [-0.3, -0.25) is 19.0 Å². The Morgan fingerprint density at radius 1 is 1.23 bits per heavy atom. The minimum absolute atomic E-state index is 0.113. The zero-order valence-corrected chi connectivity index (χ0v) is 22.9. The number of carbonyl (C=O) groups is 2. The first kappa shape index (κ1) is 25.6. The number of hydrogen-bond donors (Lipinski definition) is 0. The van der Waals surface area contributed by atoms with Crippen molar-refractivity contribution in [3.63, 3.8) is 0 Å². The van der Waals surface area contributed by atoms with Gasteiger partial charge in [0.15, 0.2) is 6.39 Å². The maximum atomic E-state index is 13.2. The number of thioether (sulfide) groups is 1. The summed E-state index contributed by atoms with van der Waals surface area (Å²) >= 11 is 12.5. The predicted molar refractivity (Wildman–Crippen MR) is 139 cm³/mol. The zero-order chi connectivity index (χ0) is 25.3. The molecule has 0 aliphatic carbocycles. The lowest BCUT2D eigenvalue weighted by Crippen LogP contribution is -2.28. The minimum Gasteiger partial charge on any atom is -0.451 e. The molecule has 0 N–H and O–H groups in total. The molecule has 0 amide bonds. The van der Waals surface area contributed by atoms with Gasteiger partial charge in [0.25, 0.3) is 11.5 Å². The van der Waals surface area contributed by atoms with E-state index in [1.165, 1.54) is 44.7 Å². The van der Waals surface area contributed by atoms with E-state index >= 15 is 0 Å². The van der Waals surface area contributed by atoms with Crippen LogP contribution in [-0.2, 0) is 12.3 Å². The first-order chi connectivity index (χ1) is 16.5. The maximum Gasteiger partial charge on any atom is 0.253 e. The topological polar surface area (TPSA) is 100.0 Å². The number of thiophene rings is 1. The van der Waals surface area contributed by atoms with E-state index in [4.69, 9.17) is 16.0 Å². The van der Waals surface area contributed by atoms with Crippen LogP contribution in [-0.4, -0.2) is 31.0 Å². The Bertz CT molecular complexity index is 1450. The van der Waals surface area contributed by atoms with Crippen molar-refractivity contribution < 1.29 is 14.0 Å². The van der Waals surface area contributed by atoms with Crippen LogP contribution < -0.4 is 5.56 Å². The number of nitrogens with zero attached hydrogens (tertiary/aromatic N) is 4. The number of halogens is 2. The van der Waals surface area contributed by atoms with Crippen molar-refractivity contribution in [1.29, 1.82) is 0 Å². The largest absolute Gasteiger partial charge is 0.451 e. The third kappa shape index (κ3) is 5.69. The van der Waals surface area contributed by atoms with Crippen molar-refractivity contribution in [1.82, 2.24) is 19.3 Å². The molecule has 0 bridgehead atoms. The summed E-state index contributed by atoms with van der Waals surface area (Å²) in [5.74, 6) is -0.00228. The first-order valence-electron chi connectivity index (χ1n) is 10.4. The second-order valence-electron chi connectivity index (χ2n) is 8.58. The van der Waals surface area contributed by atoms with Crippen LogP contribution in [0.3, 0.4) is 0 Å². The summed E-state index contributed by atoms with van der Waals surface area (Å²) in [5, 5.41) is 5.20. The van der Waals surface area contributed by atoms with Crippen LogP contribution in [0, 0.1) is 5.41 Å². The molecule has 0 atom stereocenters. The van der Waals surface area contributed by atoms with Gasteiger partial charge in [-0.25, -0.2) is 4.98 Å². The van der Waals surface area contributed by atoms with Crippen molar-refractivity contribution in [3.05, 3.63) is 72.7 Å². The third-order valence-corrected chi connectivity index (χ3v) is 7.99. The lowest BCUT2D eigenvalue weighted by Gasteiger charge is -2.17. The number of Topliss-reactive ketones (excluding diaryl/α,β-unsaturated/α-hetero) is 1. The van der Waals surface area contributed by atoms with Crippen molar-refractivity contribution in [2.24, 2.45) is 5.41 Å². The highest BCUT2D eigenvalue weighted by Gasteiger charge is 2.28. The summed E-state index contributed by atoms with van der Waals surface area (Å²) in [7, 11) is 0. The van der Waals surface area contributed by atoms with E-state index in [2.05, 4.69) is 26.0 Å². The third-order valence-electron chi connectivity index (χ3n) is 4.90. The average molecular weight is 596 g/mol. The second kappa shape index (κ2) is 10.3. The predicted octanol–water partition coefficient (Wildman–Crippen LogP) is 6.04. The summed E-state index contributed by atoms with van der Waals surface area (Å²) in [6.07, 6.45) is 2.38. The van der Waals surface area contributed by atoms with Crippen LogP contribution in [0.2, 0.25) is 4.34 Å². The molecule has 0 fully saturated rings. The van der Waals surface area contributed by atoms with E-state index in [1.807, 2.05) is 32.9 Å². The Morgan fingerprint density at radius 3 is 2.63 bits per heavy atom. The van der Waals surface area contributed by atoms with E-state index < -0.39 is 11.2 Å². The van der Waals surface area contributed by atoms with Gasteiger partial charge in [0.1, 0.15) is 22.7 Å². The average Bonchev–Trinajstić information content (AvgIpc) is 3.55. The molecule has 0 unspecified atom stereocenters. The quantitative estimate of drug-likeness (QED) is 0.190. The zero-order valence-electron chi connectivity index (χ0n) is 18.9. The highest BCUT2D eigenvalue weighted by atomic mass is 79.9. The number of ketones is 1. The molecule has 0 aromatic carbocycles. The standard InChI is InChI=1S/C23H20BrClN4O4S2/c1-23(2,3)22(32)29-20(34-11-13-4-6-18(25)35-13)8-15(27-29)21-14(24)5-7-19(31)28(21)9-17(30)16-10-33-12-26-16/h4-8,10,12H,9,11H2,1-3H3. The Labute approximate surface area is 222 Å². The van der Waals surface area contributed by atoms with Crippen LogP contribution >= 0.6 is 50.6 Å². The van der Waals surface area contributed by atoms with Crippen molar-refractivity contribution in [3.8, 4) is 11.4 Å². The molecule has 8 nitrogen and oxygen atoms in total. The molecule has 0 saturated heterocycles. The fourth-order valence-corrected chi connectivity index (χ4v) is 5.84. The van der Waals surface area contributed by atoms with Gasteiger partial charge in [0.2, 0.25) is 5.78 Å². The molecule has 4 heterocycles. The molecule has 0 aliphatic rings. The van der Waals surface area contributed by atoms with Crippen molar-refractivity contribution in [2.45, 2.75) is 38.1 Å². The fourth-order valence-electron chi connectivity index (χ4n) is 3.17. The molecular weight excluding hydrogens is 576 g/mol. The fraction of sp³-hybridized carbons (Fsp3) is 0.261. The molecule has 4 aromatic rings. The van der Waals surface area contributed by atoms with Gasteiger partial charge in [-0.05, 0) is 34.1 Å². The molecule has 0 saturated carbocycles. The highest BCUT2D eigenvalue weighted by molar-refractivity contribution is 9.10. The van der Waals surface area contributed by atoms with E-state index in [1.54, 1.807) is 12.1 Å². The number of pyridine rings is 1. The molecule has 4 aromatic heterocycles. The summed E-state index contributed by atoms with van der Waals surface area (Å²) in [6.45, 7) is 5.18. The molecule has 0 aliphatic heterocycles. The van der Waals surface area contributed by atoms with E-state index in [-0.39, 0.29) is 23.7 Å². The Hall–Kier alpha value is -2.47. The minimum atomic E-state index is -0.693. The van der Waals surface area contributed by atoms with Gasteiger partial charge in [0.05, 0.1) is 16.6 Å². The summed E-state index contributed by atoms with van der Waals surface area (Å²) in [4.78, 5) is 43.7. The Kier molecular flexibility index (Phi) is 7.51. The van der Waals surface area contributed by atoms with Crippen LogP contribution in [0.5, 0.6) is 0 Å². The van der Waals surface area contributed by atoms with Crippen molar-refractivity contribution in [2.75, 3.05) is 0 Å². The van der Waals surface area contributed by atoms with Gasteiger partial charge in [-0.2, -0.15) is 9.78 Å². The molecule has 0 radical (unpaired) electrons. The van der Waals surface area contributed by atoms with Gasteiger partial charge in [-0.15, -0.1) is 23.1 Å². The molecule has 0 spiro atoms. The van der Waals surface area contributed by atoms with E-state index in [0.717, 1.165) is 11.3 Å². The smallest absolute Gasteiger partial charge is 0.253 e. The summed E-state index contributed by atoms with van der Waals surface area (Å²) in [5.41, 5.74) is -0.203. The van der Waals surface area contributed by atoms with Gasteiger partial charge < -0.3 is 4.42 Å².